The fourth-order valence-electron chi connectivity index (χ4n) is 2.97. The molecule has 2 rings (SSSR count). The zero-order valence-corrected chi connectivity index (χ0v) is 33.4. The lowest BCUT2D eigenvalue weighted by Gasteiger charge is -2.34. The van der Waals surface area contributed by atoms with Gasteiger partial charge in [-0.1, -0.05) is 133 Å². The minimum atomic E-state index is -2.94. The standard InChI is InChI=1S/C12H18.C11H22O.C8H18.C6H13NO2S.C2H6/c1-9(2)11-6-5-7-12(8-11)10(3)4;1-10(2)8-6-5-7-9-12-11(3)4;1-7(2,3)8(4,5)6;1-5(2)7-10(8,9)6-3-4-6;1-2/h5-10H,1-4H3;6,8,10-11H,5,7,9H2,1-4H3;1-6H3;5-7H,3-4H2,1-2H3;1-2H3/b;8-6+;;;. The third-order valence-corrected chi connectivity index (χ3v) is 9.49. The van der Waals surface area contributed by atoms with E-state index in [2.05, 4.69) is 138 Å². The Morgan fingerprint density at radius 2 is 1.25 bits per heavy atom. The molecule has 1 aromatic rings. The topological polar surface area (TPSA) is 55.4 Å². The average molecular weight is 640 g/mol. The molecule has 0 amide bonds. The summed E-state index contributed by atoms with van der Waals surface area (Å²) < 4.78 is 30.2. The van der Waals surface area contributed by atoms with E-state index in [0.29, 0.717) is 34.7 Å². The van der Waals surface area contributed by atoms with Gasteiger partial charge in [-0.25, -0.2) is 13.1 Å². The molecule has 4 nitrogen and oxygen atoms in total. The second-order valence-corrected chi connectivity index (χ2v) is 17.2. The normalized spacial score (nSPS) is 13.6. The molecule has 1 aromatic carbocycles. The molecule has 44 heavy (non-hydrogen) atoms. The van der Waals surface area contributed by atoms with Crippen molar-refractivity contribution in [3.63, 3.8) is 0 Å². The van der Waals surface area contributed by atoms with Crippen LogP contribution in [0.3, 0.4) is 0 Å². The monoisotopic (exact) mass is 640 g/mol. The van der Waals surface area contributed by atoms with Crippen molar-refractivity contribution in [3.8, 4) is 0 Å². The largest absolute Gasteiger partial charge is 0.379 e. The summed E-state index contributed by atoms with van der Waals surface area (Å²) in [4.78, 5) is 0. The number of nitrogens with one attached hydrogen (secondary N) is 1. The van der Waals surface area contributed by atoms with E-state index in [4.69, 9.17) is 4.74 Å². The minimum absolute atomic E-state index is 0.0330. The van der Waals surface area contributed by atoms with Crippen molar-refractivity contribution >= 4 is 10.0 Å². The van der Waals surface area contributed by atoms with Crippen LogP contribution in [-0.2, 0) is 14.8 Å². The van der Waals surface area contributed by atoms with Crippen molar-refractivity contribution in [2.24, 2.45) is 16.7 Å². The van der Waals surface area contributed by atoms with Gasteiger partial charge in [0.05, 0.1) is 11.4 Å². The van der Waals surface area contributed by atoms with Gasteiger partial charge in [-0.3, -0.25) is 0 Å². The fourth-order valence-corrected chi connectivity index (χ4v) is 4.58. The number of hydrogen-bond donors (Lipinski definition) is 1. The van der Waals surface area contributed by atoms with Gasteiger partial charge >= 0.3 is 0 Å². The fraction of sp³-hybridized carbons (Fsp3) is 0.795. The number of unbranched alkanes of at least 4 members (excludes halogenated alkanes) is 1. The van der Waals surface area contributed by atoms with E-state index >= 15 is 0 Å². The van der Waals surface area contributed by atoms with Gasteiger partial charge in [-0.05, 0) is 93.1 Å². The van der Waals surface area contributed by atoms with Gasteiger partial charge in [0, 0.05) is 12.6 Å². The van der Waals surface area contributed by atoms with Gasteiger partial charge in [-0.2, -0.15) is 0 Å². The molecule has 1 saturated carbocycles. The molecule has 0 unspecified atom stereocenters. The highest BCUT2D eigenvalue weighted by atomic mass is 32.2. The number of sulfonamides is 1. The van der Waals surface area contributed by atoms with Crippen LogP contribution < -0.4 is 4.72 Å². The predicted molar refractivity (Wildman–Crippen MR) is 199 cm³/mol. The zero-order chi connectivity index (χ0) is 35.3. The maximum atomic E-state index is 11.1. The quantitative estimate of drug-likeness (QED) is 0.194. The van der Waals surface area contributed by atoms with Crippen molar-refractivity contribution in [3.05, 3.63) is 47.5 Å². The van der Waals surface area contributed by atoms with E-state index in [0.717, 1.165) is 32.3 Å². The number of allylic oxidation sites excluding steroid dienone is 2. The molecule has 1 aliphatic rings. The second kappa shape index (κ2) is 24.1. The van der Waals surface area contributed by atoms with Crippen molar-refractivity contribution in [2.45, 2.75) is 180 Å². The first-order valence-electron chi connectivity index (χ1n) is 17.4. The molecule has 0 aromatic heterocycles. The Kier molecular flexibility index (Phi) is 25.8. The third kappa shape index (κ3) is 27.2. The molecule has 0 aliphatic heterocycles. The number of benzene rings is 1. The van der Waals surface area contributed by atoms with Crippen molar-refractivity contribution in [2.75, 3.05) is 6.61 Å². The first kappa shape index (κ1) is 47.2. The van der Waals surface area contributed by atoms with E-state index < -0.39 is 10.0 Å². The summed E-state index contributed by atoms with van der Waals surface area (Å²) in [6, 6.07) is 8.91. The third-order valence-electron chi connectivity index (χ3n) is 7.34. The molecule has 1 N–H and O–H groups in total. The van der Waals surface area contributed by atoms with Gasteiger partial charge in [0.25, 0.3) is 0 Å². The molecule has 1 aliphatic carbocycles. The highest BCUT2D eigenvalue weighted by Crippen LogP contribution is 2.36. The van der Waals surface area contributed by atoms with E-state index in [1.165, 1.54) is 11.1 Å². The Morgan fingerprint density at radius 3 is 1.55 bits per heavy atom. The molecular formula is C39H77NO3S. The number of ether oxygens (including phenoxy) is 1. The average Bonchev–Trinajstić information content (AvgIpc) is 3.73. The van der Waals surface area contributed by atoms with Gasteiger partial charge in [0.1, 0.15) is 0 Å². The van der Waals surface area contributed by atoms with Crippen LogP contribution in [0, 0.1) is 16.7 Å². The van der Waals surface area contributed by atoms with E-state index in [-0.39, 0.29) is 11.3 Å². The molecule has 262 valence electrons. The van der Waals surface area contributed by atoms with Crippen LogP contribution in [-0.4, -0.2) is 32.4 Å². The lowest BCUT2D eigenvalue weighted by molar-refractivity contribution is 0.0775. The van der Waals surface area contributed by atoms with Crippen LogP contribution in [0.1, 0.15) is 173 Å². The predicted octanol–water partition coefficient (Wildman–Crippen LogP) is 11.9. The van der Waals surface area contributed by atoms with Crippen molar-refractivity contribution < 1.29 is 13.2 Å². The Hall–Kier alpha value is -1.17. The van der Waals surface area contributed by atoms with Gasteiger partial charge in [-0.15, -0.1) is 0 Å². The van der Waals surface area contributed by atoms with Crippen molar-refractivity contribution in [1.29, 1.82) is 0 Å². The molecule has 0 atom stereocenters. The number of rotatable bonds is 11. The SMILES string of the molecule is CC.CC(C)(C)C(C)(C)C.CC(C)/C=C/CCCOC(C)C.CC(C)NS(=O)(=O)C1CC1.CC(C)c1cccc(C(C)C)c1. The summed E-state index contributed by atoms with van der Waals surface area (Å²) in [7, 11) is -2.94. The van der Waals surface area contributed by atoms with Gasteiger partial charge < -0.3 is 4.74 Å². The molecular weight excluding hydrogens is 563 g/mol. The van der Waals surface area contributed by atoms with Gasteiger partial charge in [0.2, 0.25) is 10.0 Å². The highest BCUT2D eigenvalue weighted by molar-refractivity contribution is 7.90. The first-order valence-corrected chi connectivity index (χ1v) is 18.9. The molecule has 0 heterocycles. The van der Waals surface area contributed by atoms with Crippen LogP contribution in [0.25, 0.3) is 0 Å². The smallest absolute Gasteiger partial charge is 0.214 e. The maximum Gasteiger partial charge on any atom is 0.214 e. The summed E-state index contributed by atoms with van der Waals surface area (Å²) in [6.45, 7) is 39.7. The lowest BCUT2D eigenvalue weighted by Crippen LogP contribution is -2.32. The Bertz CT molecular complexity index is 907. The zero-order valence-electron chi connectivity index (χ0n) is 32.6. The summed E-state index contributed by atoms with van der Waals surface area (Å²) in [5.41, 5.74) is 3.77. The van der Waals surface area contributed by atoms with E-state index in [1.807, 2.05) is 27.7 Å². The van der Waals surface area contributed by atoms with Crippen LogP contribution in [0.4, 0.5) is 0 Å². The number of hydrogen-bond acceptors (Lipinski definition) is 3. The Morgan fingerprint density at radius 1 is 0.818 bits per heavy atom. The summed E-state index contributed by atoms with van der Waals surface area (Å²) >= 11 is 0. The minimum Gasteiger partial charge on any atom is -0.379 e. The van der Waals surface area contributed by atoms with Crippen LogP contribution >= 0.6 is 0 Å². The van der Waals surface area contributed by atoms with Crippen LogP contribution in [0.15, 0.2) is 36.4 Å². The molecule has 0 saturated heterocycles. The van der Waals surface area contributed by atoms with E-state index in [1.54, 1.807) is 0 Å². The van der Waals surface area contributed by atoms with Gasteiger partial charge in [0.15, 0.2) is 0 Å². The Labute approximate surface area is 277 Å². The highest BCUT2D eigenvalue weighted by Gasteiger charge is 2.35. The molecule has 5 heteroatoms. The van der Waals surface area contributed by atoms with Crippen molar-refractivity contribution in [1.82, 2.24) is 4.72 Å². The Balaban J connectivity index is -0.000000505. The molecule has 0 radical (unpaired) electrons. The maximum absolute atomic E-state index is 11.1. The summed E-state index contributed by atoms with van der Waals surface area (Å²) in [5.74, 6) is 1.96. The second-order valence-electron chi connectivity index (χ2n) is 15.2. The molecule has 0 bridgehead atoms. The van der Waals surface area contributed by atoms with Crippen LogP contribution in [0.2, 0.25) is 0 Å². The van der Waals surface area contributed by atoms with E-state index in [9.17, 15) is 8.42 Å². The lowest BCUT2D eigenvalue weighted by atomic mass is 9.71. The molecule has 0 spiro atoms. The van der Waals surface area contributed by atoms with Crippen LogP contribution in [0.5, 0.6) is 0 Å². The molecule has 1 fully saturated rings. The summed E-state index contributed by atoms with van der Waals surface area (Å²) in [6.07, 6.45) is 8.82. The first-order chi connectivity index (χ1) is 20.0. The summed E-state index contributed by atoms with van der Waals surface area (Å²) in [5, 5.41) is -0.0881.